The minimum absolute atomic E-state index is 0.0252. The molecule has 1 aliphatic rings. The van der Waals surface area contributed by atoms with Crippen molar-refractivity contribution < 1.29 is 0 Å². The summed E-state index contributed by atoms with van der Waals surface area (Å²) in [5.41, 5.74) is 7.47. The van der Waals surface area contributed by atoms with Gasteiger partial charge in [0.15, 0.2) is 0 Å². The maximum absolute atomic E-state index is 6.50. The number of nitrogens with zero attached hydrogens (tertiary/aromatic N) is 3. The second kappa shape index (κ2) is 4.59. The molecule has 1 fully saturated rings. The summed E-state index contributed by atoms with van der Waals surface area (Å²) in [5.74, 6) is 0. The van der Waals surface area contributed by atoms with Gasteiger partial charge < -0.3 is 10.6 Å². The van der Waals surface area contributed by atoms with Gasteiger partial charge in [-0.3, -0.25) is 4.68 Å². The third-order valence-corrected chi connectivity index (χ3v) is 4.46. The van der Waals surface area contributed by atoms with E-state index in [1.165, 1.54) is 12.8 Å². The minimum atomic E-state index is -0.0833. The number of likely N-dealkylation sites (N-methyl/N-ethyl adjacent to an activating group) is 1. The zero-order valence-electron chi connectivity index (χ0n) is 10.8. The molecule has 1 heterocycles. The fourth-order valence-electron chi connectivity index (χ4n) is 3.05. The average Bonchev–Trinajstić information content (AvgIpc) is 2.86. The van der Waals surface area contributed by atoms with Gasteiger partial charge in [0.1, 0.15) is 0 Å². The first kappa shape index (κ1) is 12.9. The second-order valence-electron chi connectivity index (χ2n) is 5.18. The molecular weight excluding hydrogens is 236 g/mol. The van der Waals surface area contributed by atoms with Gasteiger partial charge in [0.2, 0.25) is 0 Å². The van der Waals surface area contributed by atoms with E-state index in [9.17, 15) is 0 Å². The van der Waals surface area contributed by atoms with Crippen molar-refractivity contribution in [2.45, 2.75) is 37.3 Å². The summed E-state index contributed by atoms with van der Waals surface area (Å²) in [6.45, 7) is 0. The summed E-state index contributed by atoms with van der Waals surface area (Å²) in [6, 6.07) is -0.0833. The van der Waals surface area contributed by atoms with Crippen molar-refractivity contribution in [3.05, 3.63) is 16.9 Å². The van der Waals surface area contributed by atoms with Crippen LogP contribution in [0.4, 0.5) is 0 Å². The Bertz CT molecular complexity index is 374. The van der Waals surface area contributed by atoms with Crippen LogP contribution in [0.3, 0.4) is 0 Å². The van der Waals surface area contributed by atoms with E-state index in [1.807, 2.05) is 7.05 Å². The summed E-state index contributed by atoms with van der Waals surface area (Å²) in [4.78, 5) is 2.26. The smallest absolute Gasteiger partial charge is 0.0834 e. The molecular formula is C12H21ClN4. The van der Waals surface area contributed by atoms with E-state index >= 15 is 0 Å². The van der Waals surface area contributed by atoms with Gasteiger partial charge in [-0.25, -0.2) is 0 Å². The van der Waals surface area contributed by atoms with Gasteiger partial charge in [0.05, 0.1) is 23.0 Å². The largest absolute Gasteiger partial charge is 0.321 e. The van der Waals surface area contributed by atoms with E-state index in [0.717, 1.165) is 18.5 Å². The van der Waals surface area contributed by atoms with Gasteiger partial charge in [-0.2, -0.15) is 5.10 Å². The molecule has 1 aromatic heterocycles. The molecule has 2 rings (SSSR count). The fourth-order valence-corrected chi connectivity index (χ4v) is 3.33. The Balaban J connectivity index is 2.38. The number of halogens is 1. The molecule has 1 saturated carbocycles. The molecule has 0 saturated heterocycles. The summed E-state index contributed by atoms with van der Waals surface area (Å²) in [6.07, 6.45) is 6.41. The average molecular weight is 257 g/mol. The maximum atomic E-state index is 6.50. The number of aryl methyl sites for hydroxylation is 1. The van der Waals surface area contributed by atoms with Crippen LogP contribution in [0.15, 0.2) is 6.20 Å². The van der Waals surface area contributed by atoms with E-state index in [-0.39, 0.29) is 11.6 Å². The molecule has 17 heavy (non-hydrogen) atoms. The number of aromatic nitrogens is 2. The van der Waals surface area contributed by atoms with Crippen LogP contribution < -0.4 is 5.73 Å². The Kier molecular flexibility index (Phi) is 3.48. The molecule has 96 valence electrons. The third-order valence-electron chi connectivity index (χ3n) is 4.17. The van der Waals surface area contributed by atoms with Gasteiger partial charge in [-0.15, -0.1) is 0 Å². The van der Waals surface area contributed by atoms with E-state index in [4.69, 9.17) is 17.3 Å². The Morgan fingerprint density at radius 1 is 1.47 bits per heavy atom. The molecule has 0 aliphatic heterocycles. The zero-order chi connectivity index (χ0) is 12.6. The summed E-state index contributed by atoms with van der Waals surface area (Å²) < 4.78 is 1.80. The van der Waals surface area contributed by atoms with E-state index in [0.29, 0.717) is 5.02 Å². The topological polar surface area (TPSA) is 47.1 Å². The SMILES string of the molecule is CN(C)C1(C(N)c2c(Cl)cnn2C)CCCC1. The standard InChI is InChI=1S/C12H21ClN4/c1-16(2)12(6-4-5-7-12)11(14)10-9(13)8-15-17(10)3/h8,11H,4-7,14H2,1-3H3. The first-order valence-corrected chi connectivity index (χ1v) is 6.47. The lowest BCUT2D eigenvalue weighted by Gasteiger charge is -2.41. The molecule has 0 radical (unpaired) electrons. The van der Waals surface area contributed by atoms with Gasteiger partial charge >= 0.3 is 0 Å². The van der Waals surface area contributed by atoms with Gasteiger partial charge in [0.25, 0.3) is 0 Å². The molecule has 0 bridgehead atoms. The van der Waals surface area contributed by atoms with E-state index in [2.05, 4.69) is 24.1 Å². The van der Waals surface area contributed by atoms with E-state index < -0.39 is 0 Å². The summed E-state index contributed by atoms with van der Waals surface area (Å²) >= 11 is 6.20. The molecule has 1 atom stereocenters. The minimum Gasteiger partial charge on any atom is -0.321 e. The predicted molar refractivity (Wildman–Crippen MR) is 70.0 cm³/mol. The van der Waals surface area contributed by atoms with Crippen LogP contribution in [0.5, 0.6) is 0 Å². The van der Waals surface area contributed by atoms with Crippen molar-refractivity contribution in [3.8, 4) is 0 Å². The molecule has 1 aromatic rings. The van der Waals surface area contributed by atoms with Gasteiger partial charge in [-0.1, -0.05) is 24.4 Å². The Morgan fingerprint density at radius 2 is 2.06 bits per heavy atom. The first-order valence-electron chi connectivity index (χ1n) is 6.09. The normalized spacial score (nSPS) is 21.1. The van der Waals surface area contributed by atoms with Crippen molar-refractivity contribution >= 4 is 11.6 Å². The monoisotopic (exact) mass is 256 g/mol. The predicted octanol–water partition coefficient (Wildman–Crippen LogP) is 1.95. The van der Waals surface area contributed by atoms with Crippen LogP contribution in [0.1, 0.15) is 37.4 Å². The van der Waals surface area contributed by atoms with Gasteiger partial charge in [0, 0.05) is 12.6 Å². The lowest BCUT2D eigenvalue weighted by molar-refractivity contribution is 0.120. The highest BCUT2D eigenvalue weighted by Gasteiger charge is 2.43. The van der Waals surface area contributed by atoms with Crippen molar-refractivity contribution in [3.63, 3.8) is 0 Å². The fraction of sp³-hybridized carbons (Fsp3) is 0.750. The van der Waals surface area contributed by atoms with Crippen molar-refractivity contribution in [1.29, 1.82) is 0 Å². The van der Waals surface area contributed by atoms with Crippen LogP contribution in [-0.4, -0.2) is 34.3 Å². The molecule has 0 spiro atoms. The highest BCUT2D eigenvalue weighted by molar-refractivity contribution is 6.31. The van der Waals surface area contributed by atoms with Crippen LogP contribution in [-0.2, 0) is 7.05 Å². The summed E-state index contributed by atoms with van der Waals surface area (Å²) in [7, 11) is 6.12. The van der Waals surface area contributed by atoms with Crippen molar-refractivity contribution in [2.75, 3.05) is 14.1 Å². The van der Waals surface area contributed by atoms with Crippen LogP contribution in [0, 0.1) is 0 Å². The first-order chi connectivity index (χ1) is 7.99. The zero-order valence-corrected chi connectivity index (χ0v) is 11.5. The molecule has 4 nitrogen and oxygen atoms in total. The highest BCUT2D eigenvalue weighted by Crippen LogP contribution is 2.43. The van der Waals surface area contributed by atoms with Crippen LogP contribution in [0.2, 0.25) is 5.02 Å². The second-order valence-corrected chi connectivity index (χ2v) is 5.59. The van der Waals surface area contributed by atoms with Crippen LogP contribution >= 0.6 is 11.6 Å². The molecule has 1 aliphatic carbocycles. The Labute approximate surface area is 108 Å². The highest BCUT2D eigenvalue weighted by atomic mass is 35.5. The van der Waals surface area contributed by atoms with Crippen molar-refractivity contribution in [2.24, 2.45) is 12.8 Å². The number of hydrogen-bond donors (Lipinski definition) is 1. The lowest BCUT2D eigenvalue weighted by atomic mass is 9.85. The summed E-state index contributed by atoms with van der Waals surface area (Å²) in [5, 5.41) is 4.86. The number of hydrogen-bond acceptors (Lipinski definition) is 3. The quantitative estimate of drug-likeness (QED) is 0.899. The maximum Gasteiger partial charge on any atom is 0.0834 e. The number of nitrogens with two attached hydrogens (primary N) is 1. The molecule has 0 amide bonds. The molecule has 0 aromatic carbocycles. The molecule has 5 heteroatoms. The lowest BCUT2D eigenvalue weighted by Crippen LogP contribution is -2.50. The molecule has 1 unspecified atom stereocenters. The van der Waals surface area contributed by atoms with Crippen molar-refractivity contribution in [1.82, 2.24) is 14.7 Å². The van der Waals surface area contributed by atoms with E-state index in [1.54, 1.807) is 10.9 Å². The number of rotatable bonds is 3. The van der Waals surface area contributed by atoms with Crippen LogP contribution in [0.25, 0.3) is 0 Å². The Hall–Kier alpha value is -0.580. The van der Waals surface area contributed by atoms with Gasteiger partial charge in [-0.05, 0) is 26.9 Å². The Morgan fingerprint density at radius 3 is 2.47 bits per heavy atom. The third kappa shape index (κ3) is 1.98. The molecule has 2 N–H and O–H groups in total.